The zero-order valence-electron chi connectivity index (χ0n) is 15.4. The summed E-state index contributed by atoms with van der Waals surface area (Å²) in [4.78, 5) is 12.2. The van der Waals surface area contributed by atoms with Crippen LogP contribution in [0.15, 0.2) is 72.0 Å². The molecule has 2 aromatic carbocycles. The van der Waals surface area contributed by atoms with E-state index in [2.05, 4.69) is 62.1 Å². The average Bonchev–Trinajstić information content (AvgIpc) is 3.13. The first-order valence-electron chi connectivity index (χ1n) is 9.17. The van der Waals surface area contributed by atoms with Crippen molar-refractivity contribution in [3.05, 3.63) is 78.2 Å². The molecule has 5 heteroatoms. The van der Waals surface area contributed by atoms with E-state index in [1.165, 1.54) is 27.2 Å². The molecule has 4 aromatic rings. The molecule has 0 amide bonds. The number of nitrogens with one attached hydrogen (secondary N) is 3. The second kappa shape index (κ2) is 7.91. The van der Waals surface area contributed by atoms with Crippen molar-refractivity contribution in [3.63, 3.8) is 0 Å². The Morgan fingerprint density at radius 3 is 2.70 bits per heavy atom. The van der Waals surface area contributed by atoms with E-state index in [0.717, 1.165) is 24.6 Å². The molecule has 2 aromatic heterocycles. The molecule has 0 spiro atoms. The van der Waals surface area contributed by atoms with Crippen LogP contribution in [0.5, 0.6) is 0 Å². The van der Waals surface area contributed by atoms with E-state index in [4.69, 9.17) is 0 Å². The standard InChI is InChI=1S/C22H23N5/c1-23-22(25-13-11-17-14-26-20-9-5-4-8-19(17)20)27-15-21-18-7-3-2-6-16(18)10-12-24-21/h2-10,12,14,26H,11,13,15H2,1H3,(H2,23,25,27). The fraction of sp³-hybridized carbons (Fsp3) is 0.182. The van der Waals surface area contributed by atoms with Crippen molar-refractivity contribution in [2.75, 3.05) is 13.6 Å². The monoisotopic (exact) mass is 357 g/mol. The molecule has 0 aliphatic heterocycles. The summed E-state index contributed by atoms with van der Waals surface area (Å²) in [6, 6.07) is 18.7. The van der Waals surface area contributed by atoms with Gasteiger partial charge in [-0.2, -0.15) is 0 Å². The highest BCUT2D eigenvalue weighted by Crippen LogP contribution is 2.18. The van der Waals surface area contributed by atoms with E-state index in [-0.39, 0.29) is 0 Å². The van der Waals surface area contributed by atoms with Gasteiger partial charge in [-0.3, -0.25) is 9.98 Å². The van der Waals surface area contributed by atoms with E-state index in [1.54, 1.807) is 7.05 Å². The second-order valence-electron chi connectivity index (χ2n) is 6.44. The van der Waals surface area contributed by atoms with E-state index in [0.29, 0.717) is 6.54 Å². The summed E-state index contributed by atoms with van der Waals surface area (Å²) in [5, 5.41) is 10.4. The zero-order valence-corrected chi connectivity index (χ0v) is 15.4. The van der Waals surface area contributed by atoms with E-state index in [1.807, 2.05) is 30.5 Å². The first-order valence-corrected chi connectivity index (χ1v) is 9.17. The summed E-state index contributed by atoms with van der Waals surface area (Å²) in [7, 11) is 1.79. The molecule has 4 rings (SSSR count). The Bertz CT molecular complexity index is 1070. The number of aromatic amines is 1. The third-order valence-corrected chi connectivity index (χ3v) is 4.76. The van der Waals surface area contributed by atoms with Gasteiger partial charge in [-0.1, -0.05) is 42.5 Å². The maximum atomic E-state index is 4.52. The lowest BCUT2D eigenvalue weighted by molar-refractivity contribution is 0.788. The van der Waals surface area contributed by atoms with Crippen LogP contribution in [0.3, 0.4) is 0 Å². The van der Waals surface area contributed by atoms with E-state index in [9.17, 15) is 0 Å². The first kappa shape index (κ1) is 17.1. The van der Waals surface area contributed by atoms with Crippen molar-refractivity contribution in [2.45, 2.75) is 13.0 Å². The molecule has 0 aliphatic carbocycles. The van der Waals surface area contributed by atoms with Crippen LogP contribution < -0.4 is 10.6 Å². The number of nitrogens with zero attached hydrogens (tertiary/aromatic N) is 2. The average molecular weight is 357 g/mol. The Labute approximate surface area is 158 Å². The lowest BCUT2D eigenvalue weighted by atomic mass is 10.1. The summed E-state index contributed by atoms with van der Waals surface area (Å²) in [5.41, 5.74) is 3.51. The second-order valence-corrected chi connectivity index (χ2v) is 6.44. The van der Waals surface area contributed by atoms with Gasteiger partial charge in [0.1, 0.15) is 0 Å². The third kappa shape index (κ3) is 3.77. The number of aliphatic imine (C=N–C) groups is 1. The Kier molecular flexibility index (Phi) is 5.01. The summed E-state index contributed by atoms with van der Waals surface area (Å²) >= 11 is 0. The van der Waals surface area contributed by atoms with Crippen LogP contribution in [0.1, 0.15) is 11.3 Å². The van der Waals surface area contributed by atoms with Crippen LogP contribution in [0, 0.1) is 0 Å². The minimum atomic E-state index is 0.633. The number of H-pyrrole nitrogens is 1. The van der Waals surface area contributed by atoms with Crippen LogP contribution in [-0.2, 0) is 13.0 Å². The smallest absolute Gasteiger partial charge is 0.191 e. The van der Waals surface area contributed by atoms with Gasteiger partial charge in [0.2, 0.25) is 0 Å². The molecule has 0 atom stereocenters. The SMILES string of the molecule is CN=C(NCCc1c[nH]c2ccccc12)NCc1nccc2ccccc12. The van der Waals surface area contributed by atoms with Crippen molar-refractivity contribution < 1.29 is 0 Å². The molecule has 0 bridgehead atoms. The van der Waals surface area contributed by atoms with Gasteiger partial charge in [-0.15, -0.1) is 0 Å². The van der Waals surface area contributed by atoms with Gasteiger partial charge in [0.25, 0.3) is 0 Å². The Balaban J connectivity index is 1.36. The van der Waals surface area contributed by atoms with Crippen LogP contribution >= 0.6 is 0 Å². The quantitative estimate of drug-likeness (QED) is 0.377. The summed E-state index contributed by atoms with van der Waals surface area (Å²) < 4.78 is 0. The molecular formula is C22H23N5. The fourth-order valence-electron chi connectivity index (χ4n) is 3.37. The first-order chi connectivity index (χ1) is 13.3. The highest BCUT2D eigenvalue weighted by Gasteiger charge is 2.05. The predicted octanol–water partition coefficient (Wildman–Crippen LogP) is 3.62. The summed E-state index contributed by atoms with van der Waals surface area (Å²) in [6.45, 7) is 1.44. The number of benzene rings is 2. The van der Waals surface area contributed by atoms with E-state index < -0.39 is 0 Å². The largest absolute Gasteiger partial charge is 0.361 e. The maximum Gasteiger partial charge on any atom is 0.191 e. The minimum Gasteiger partial charge on any atom is -0.361 e. The fourth-order valence-corrected chi connectivity index (χ4v) is 3.37. The van der Waals surface area contributed by atoms with Crippen LogP contribution in [0.25, 0.3) is 21.7 Å². The predicted molar refractivity (Wildman–Crippen MR) is 112 cm³/mol. The molecule has 136 valence electrons. The molecule has 0 fully saturated rings. The lowest BCUT2D eigenvalue weighted by Crippen LogP contribution is -2.38. The lowest BCUT2D eigenvalue weighted by Gasteiger charge is -2.12. The van der Waals surface area contributed by atoms with Gasteiger partial charge in [0.15, 0.2) is 5.96 Å². The number of hydrogen-bond acceptors (Lipinski definition) is 2. The Morgan fingerprint density at radius 1 is 1.00 bits per heavy atom. The van der Waals surface area contributed by atoms with Crippen LogP contribution in [-0.4, -0.2) is 29.5 Å². The minimum absolute atomic E-state index is 0.633. The molecule has 3 N–H and O–H groups in total. The molecule has 5 nitrogen and oxygen atoms in total. The molecule has 27 heavy (non-hydrogen) atoms. The normalized spacial score (nSPS) is 11.8. The summed E-state index contributed by atoms with van der Waals surface area (Å²) in [6.07, 6.45) is 4.87. The number of hydrogen-bond donors (Lipinski definition) is 3. The third-order valence-electron chi connectivity index (χ3n) is 4.76. The number of guanidine groups is 1. The number of pyridine rings is 1. The number of aromatic nitrogens is 2. The van der Waals surface area contributed by atoms with Gasteiger partial charge in [-0.25, -0.2) is 0 Å². The van der Waals surface area contributed by atoms with E-state index >= 15 is 0 Å². The molecule has 0 saturated carbocycles. The Hall–Kier alpha value is -3.34. The zero-order chi connectivity index (χ0) is 18.5. The number of rotatable bonds is 5. The van der Waals surface area contributed by atoms with Gasteiger partial charge >= 0.3 is 0 Å². The molecule has 0 unspecified atom stereocenters. The molecule has 2 heterocycles. The van der Waals surface area contributed by atoms with Crippen LogP contribution in [0.2, 0.25) is 0 Å². The number of fused-ring (bicyclic) bond motifs is 2. The molecule has 0 aliphatic rings. The Morgan fingerprint density at radius 2 is 1.81 bits per heavy atom. The summed E-state index contributed by atoms with van der Waals surface area (Å²) in [5.74, 6) is 0.782. The van der Waals surface area contributed by atoms with Gasteiger partial charge in [0, 0.05) is 42.3 Å². The molecule has 0 radical (unpaired) electrons. The molecular weight excluding hydrogens is 334 g/mol. The van der Waals surface area contributed by atoms with Crippen molar-refractivity contribution >= 4 is 27.6 Å². The van der Waals surface area contributed by atoms with Crippen molar-refractivity contribution in [1.29, 1.82) is 0 Å². The van der Waals surface area contributed by atoms with Gasteiger partial charge in [-0.05, 0) is 29.5 Å². The molecule has 0 saturated heterocycles. The number of para-hydroxylation sites is 1. The van der Waals surface area contributed by atoms with Crippen molar-refractivity contribution in [3.8, 4) is 0 Å². The van der Waals surface area contributed by atoms with Gasteiger partial charge in [0.05, 0.1) is 12.2 Å². The van der Waals surface area contributed by atoms with Gasteiger partial charge < -0.3 is 15.6 Å². The highest BCUT2D eigenvalue weighted by molar-refractivity contribution is 5.85. The van der Waals surface area contributed by atoms with Crippen molar-refractivity contribution in [2.24, 2.45) is 4.99 Å². The van der Waals surface area contributed by atoms with Crippen molar-refractivity contribution in [1.82, 2.24) is 20.6 Å². The van der Waals surface area contributed by atoms with Crippen LogP contribution in [0.4, 0.5) is 0 Å². The maximum absolute atomic E-state index is 4.52. The topological polar surface area (TPSA) is 65.1 Å². The highest BCUT2D eigenvalue weighted by atomic mass is 15.2.